The van der Waals surface area contributed by atoms with Crippen molar-refractivity contribution in [3.05, 3.63) is 125 Å². The maximum atomic E-state index is 13.2. The van der Waals surface area contributed by atoms with Crippen LogP contribution < -0.4 is 5.32 Å². The summed E-state index contributed by atoms with van der Waals surface area (Å²) in [5.41, 5.74) is 6.29. The Balaban J connectivity index is 1.55. The fourth-order valence-corrected chi connectivity index (χ4v) is 4.34. The molecule has 1 N–H and O–H groups in total. The number of amides is 1. The van der Waals surface area contributed by atoms with Crippen molar-refractivity contribution in [3.63, 3.8) is 0 Å². The number of hydrogen-bond acceptors (Lipinski definition) is 2. The van der Waals surface area contributed by atoms with E-state index in [2.05, 4.69) is 41.7 Å². The zero-order valence-electron chi connectivity index (χ0n) is 19.0. The summed E-state index contributed by atoms with van der Waals surface area (Å²) in [6.45, 7) is 4.55. The summed E-state index contributed by atoms with van der Waals surface area (Å²) in [4.78, 5) is 13.2. The lowest BCUT2D eigenvalue weighted by molar-refractivity contribution is 0.0946. The molecular formula is C29H27N3O. The predicted molar refractivity (Wildman–Crippen MR) is 132 cm³/mol. The highest BCUT2D eigenvalue weighted by molar-refractivity contribution is 5.96. The Morgan fingerprint density at radius 1 is 0.939 bits per heavy atom. The molecule has 0 unspecified atom stereocenters. The number of hydrogen-bond donors (Lipinski definition) is 1. The molecule has 1 amide bonds. The van der Waals surface area contributed by atoms with Gasteiger partial charge >= 0.3 is 0 Å². The summed E-state index contributed by atoms with van der Waals surface area (Å²) in [7, 11) is 0. The lowest BCUT2D eigenvalue weighted by atomic mass is 9.88. The largest absolute Gasteiger partial charge is 0.351 e. The van der Waals surface area contributed by atoms with Crippen LogP contribution in [0.2, 0.25) is 0 Å². The summed E-state index contributed by atoms with van der Waals surface area (Å²) >= 11 is 0. The maximum absolute atomic E-state index is 13.2. The number of carbonyl (C=O) groups excluding carboxylic acids is 1. The van der Waals surface area contributed by atoms with Crippen molar-refractivity contribution in [1.29, 1.82) is 5.26 Å². The Kier molecular flexibility index (Phi) is 6.71. The number of nitrogens with one attached hydrogen (secondary N) is 1. The molecule has 4 rings (SSSR count). The van der Waals surface area contributed by atoms with Gasteiger partial charge in [0, 0.05) is 24.3 Å². The summed E-state index contributed by atoms with van der Waals surface area (Å²) in [6, 6.07) is 30.6. The second kappa shape index (κ2) is 10.0. The Hall–Kier alpha value is -4.10. The van der Waals surface area contributed by atoms with Crippen molar-refractivity contribution >= 4 is 5.91 Å². The van der Waals surface area contributed by atoms with E-state index in [1.807, 2.05) is 66.9 Å². The van der Waals surface area contributed by atoms with E-state index in [9.17, 15) is 10.1 Å². The predicted octanol–water partition coefficient (Wildman–Crippen LogP) is 5.92. The van der Waals surface area contributed by atoms with Gasteiger partial charge in [-0.25, -0.2) is 0 Å². The van der Waals surface area contributed by atoms with Gasteiger partial charge in [0.25, 0.3) is 5.91 Å². The molecule has 4 heteroatoms. The van der Waals surface area contributed by atoms with E-state index in [0.717, 1.165) is 23.2 Å². The van der Waals surface area contributed by atoms with E-state index in [1.54, 1.807) is 12.3 Å². The van der Waals surface area contributed by atoms with E-state index >= 15 is 0 Å². The van der Waals surface area contributed by atoms with Crippen molar-refractivity contribution in [3.8, 4) is 11.8 Å². The van der Waals surface area contributed by atoms with Gasteiger partial charge in [0.1, 0.15) is 11.8 Å². The molecule has 0 saturated carbocycles. The average Bonchev–Trinajstić information content (AvgIpc) is 3.27. The maximum Gasteiger partial charge on any atom is 0.269 e. The molecule has 0 saturated heterocycles. The molecule has 0 aliphatic carbocycles. The number of benzene rings is 3. The molecule has 0 aliphatic heterocycles. The van der Waals surface area contributed by atoms with Gasteiger partial charge < -0.3 is 9.88 Å². The van der Waals surface area contributed by atoms with Gasteiger partial charge in [-0.3, -0.25) is 4.79 Å². The molecule has 4 nitrogen and oxygen atoms in total. The quantitative estimate of drug-likeness (QED) is 0.393. The molecule has 0 spiro atoms. The smallest absolute Gasteiger partial charge is 0.269 e. The van der Waals surface area contributed by atoms with Crippen molar-refractivity contribution in [2.75, 3.05) is 6.54 Å². The van der Waals surface area contributed by atoms with Gasteiger partial charge in [-0.05, 0) is 49.1 Å². The van der Waals surface area contributed by atoms with Gasteiger partial charge in [-0.1, -0.05) is 78.4 Å². The van der Waals surface area contributed by atoms with Crippen LogP contribution in [0.3, 0.4) is 0 Å². The molecule has 0 aliphatic rings. The van der Waals surface area contributed by atoms with Crippen molar-refractivity contribution in [2.24, 2.45) is 0 Å². The van der Waals surface area contributed by atoms with Gasteiger partial charge in [0.15, 0.2) is 0 Å². The van der Waals surface area contributed by atoms with Crippen LogP contribution in [-0.4, -0.2) is 17.0 Å². The average molecular weight is 434 g/mol. The number of nitriles is 1. The van der Waals surface area contributed by atoms with Crippen LogP contribution in [0.1, 0.15) is 50.6 Å². The number of nitrogens with zero attached hydrogens (tertiary/aromatic N) is 2. The molecule has 1 heterocycles. The second-order valence-corrected chi connectivity index (χ2v) is 8.27. The van der Waals surface area contributed by atoms with E-state index < -0.39 is 0 Å². The van der Waals surface area contributed by atoms with Crippen molar-refractivity contribution < 1.29 is 4.79 Å². The van der Waals surface area contributed by atoms with Crippen molar-refractivity contribution in [2.45, 2.75) is 26.2 Å². The Labute approximate surface area is 195 Å². The number of carbonyl (C=O) groups is 1. The Bertz CT molecular complexity index is 1240. The van der Waals surface area contributed by atoms with Crippen LogP contribution in [0.4, 0.5) is 0 Å². The monoisotopic (exact) mass is 433 g/mol. The molecule has 3 aromatic carbocycles. The second-order valence-electron chi connectivity index (χ2n) is 8.27. The molecule has 0 radical (unpaired) electrons. The van der Waals surface area contributed by atoms with E-state index in [1.165, 1.54) is 11.1 Å². The molecular weight excluding hydrogens is 406 g/mol. The van der Waals surface area contributed by atoms with E-state index in [-0.39, 0.29) is 11.8 Å². The van der Waals surface area contributed by atoms with E-state index in [0.29, 0.717) is 17.8 Å². The summed E-state index contributed by atoms with van der Waals surface area (Å²) in [5, 5.41) is 12.7. The van der Waals surface area contributed by atoms with Crippen LogP contribution >= 0.6 is 0 Å². The standard InChI is InChI=1S/C29H27N3O/c1-21-13-14-27(22(2)19-21)32-18-16-25(20-30)28(32)29(33)31-17-15-26(23-9-5-3-6-10-23)24-11-7-4-8-12-24/h3-14,16,18-19,26H,15,17H2,1-2H3,(H,31,33). The minimum atomic E-state index is -0.239. The lowest BCUT2D eigenvalue weighted by Gasteiger charge is -2.19. The van der Waals surface area contributed by atoms with Gasteiger partial charge in [0.05, 0.1) is 5.56 Å². The van der Waals surface area contributed by atoms with Crippen molar-refractivity contribution in [1.82, 2.24) is 9.88 Å². The Morgan fingerprint density at radius 3 is 2.15 bits per heavy atom. The molecule has 33 heavy (non-hydrogen) atoms. The van der Waals surface area contributed by atoms with E-state index in [4.69, 9.17) is 0 Å². The molecule has 0 fully saturated rings. The normalized spacial score (nSPS) is 10.7. The number of aromatic nitrogens is 1. The molecule has 0 bridgehead atoms. The minimum Gasteiger partial charge on any atom is -0.351 e. The summed E-state index contributed by atoms with van der Waals surface area (Å²) in [6.07, 6.45) is 2.55. The highest BCUT2D eigenvalue weighted by Gasteiger charge is 2.20. The topological polar surface area (TPSA) is 57.8 Å². The molecule has 1 aromatic heterocycles. The minimum absolute atomic E-state index is 0.175. The Morgan fingerprint density at radius 2 is 1.58 bits per heavy atom. The zero-order chi connectivity index (χ0) is 23.2. The first-order valence-electron chi connectivity index (χ1n) is 11.2. The van der Waals surface area contributed by atoms with Crippen LogP contribution in [0, 0.1) is 25.2 Å². The third kappa shape index (κ3) is 4.88. The number of aryl methyl sites for hydroxylation is 2. The zero-order valence-corrected chi connectivity index (χ0v) is 19.0. The molecule has 164 valence electrons. The third-order valence-electron chi connectivity index (χ3n) is 5.96. The van der Waals surface area contributed by atoms with Crippen LogP contribution in [0.15, 0.2) is 91.1 Å². The third-order valence-corrected chi connectivity index (χ3v) is 5.96. The highest BCUT2D eigenvalue weighted by Crippen LogP contribution is 2.27. The van der Waals surface area contributed by atoms with Gasteiger partial charge in [0.2, 0.25) is 0 Å². The highest BCUT2D eigenvalue weighted by atomic mass is 16.1. The first-order chi connectivity index (χ1) is 16.1. The molecule has 0 atom stereocenters. The lowest BCUT2D eigenvalue weighted by Crippen LogP contribution is -2.28. The number of rotatable bonds is 7. The van der Waals surface area contributed by atoms with Crippen LogP contribution in [0.5, 0.6) is 0 Å². The van der Waals surface area contributed by atoms with Crippen LogP contribution in [-0.2, 0) is 0 Å². The first kappa shape index (κ1) is 22.1. The fourth-order valence-electron chi connectivity index (χ4n) is 4.34. The molecule has 4 aromatic rings. The fraction of sp³-hybridized carbons (Fsp3) is 0.172. The van der Waals surface area contributed by atoms with Gasteiger partial charge in [-0.2, -0.15) is 5.26 Å². The SMILES string of the molecule is Cc1ccc(-n2ccc(C#N)c2C(=O)NCCC(c2ccccc2)c2ccccc2)c(C)c1. The summed E-state index contributed by atoms with van der Waals surface area (Å²) < 4.78 is 1.81. The van der Waals surface area contributed by atoms with Crippen LogP contribution in [0.25, 0.3) is 5.69 Å². The summed E-state index contributed by atoms with van der Waals surface area (Å²) in [5.74, 6) is -0.0642. The first-order valence-corrected chi connectivity index (χ1v) is 11.2. The van der Waals surface area contributed by atoms with Gasteiger partial charge in [-0.15, -0.1) is 0 Å².